The first kappa shape index (κ1) is 14.2. The molecule has 0 aliphatic rings. The second-order valence-electron chi connectivity index (χ2n) is 3.70. The molecule has 0 saturated heterocycles. The van der Waals surface area contributed by atoms with Gasteiger partial charge in [-0.3, -0.25) is 4.79 Å². The molecule has 3 nitrogen and oxygen atoms in total. The van der Waals surface area contributed by atoms with E-state index in [0.29, 0.717) is 0 Å². The number of carbonyl (C=O) groups excluding carboxylic acids is 2. The van der Waals surface area contributed by atoms with Crippen LogP contribution in [0.15, 0.2) is 24.3 Å². The standard InChI is InChI=1S/C12H11F3O3/c1-8(16)2-7-11(17)9-3-5-10(6-4-9)18-12(13,14)15/h3-6H,2,7H2,1H3. The quantitative estimate of drug-likeness (QED) is 0.764. The molecule has 1 aromatic carbocycles. The van der Waals surface area contributed by atoms with Gasteiger partial charge in [0, 0.05) is 18.4 Å². The Morgan fingerprint density at radius 3 is 2.11 bits per heavy atom. The van der Waals surface area contributed by atoms with E-state index in [1.807, 2.05) is 0 Å². The van der Waals surface area contributed by atoms with Crippen molar-refractivity contribution in [3.8, 4) is 5.75 Å². The number of ketones is 2. The molecule has 0 saturated carbocycles. The normalized spacial score (nSPS) is 11.1. The molecular formula is C12H11F3O3. The van der Waals surface area contributed by atoms with E-state index in [1.165, 1.54) is 19.1 Å². The third kappa shape index (κ3) is 4.99. The first-order valence-corrected chi connectivity index (χ1v) is 5.16. The van der Waals surface area contributed by atoms with Gasteiger partial charge in [0.05, 0.1) is 0 Å². The lowest BCUT2D eigenvalue weighted by Gasteiger charge is -2.08. The average molecular weight is 260 g/mol. The molecule has 0 N–H and O–H groups in total. The number of carbonyl (C=O) groups is 2. The van der Waals surface area contributed by atoms with Gasteiger partial charge in [-0.2, -0.15) is 0 Å². The Morgan fingerprint density at radius 1 is 1.11 bits per heavy atom. The van der Waals surface area contributed by atoms with Crippen molar-refractivity contribution in [2.45, 2.75) is 26.1 Å². The van der Waals surface area contributed by atoms with Crippen LogP contribution in [-0.4, -0.2) is 17.9 Å². The number of ether oxygens (including phenoxy) is 1. The summed E-state index contributed by atoms with van der Waals surface area (Å²) in [6.45, 7) is 1.37. The summed E-state index contributed by atoms with van der Waals surface area (Å²) < 4.78 is 39.3. The van der Waals surface area contributed by atoms with Crippen molar-refractivity contribution in [3.63, 3.8) is 0 Å². The Kier molecular flexibility index (Phi) is 4.47. The zero-order chi connectivity index (χ0) is 13.8. The highest BCUT2D eigenvalue weighted by atomic mass is 19.4. The van der Waals surface area contributed by atoms with Crippen LogP contribution in [0.4, 0.5) is 13.2 Å². The molecule has 18 heavy (non-hydrogen) atoms. The Morgan fingerprint density at radius 2 is 1.67 bits per heavy atom. The molecule has 1 aromatic rings. The van der Waals surface area contributed by atoms with Gasteiger partial charge in [0.15, 0.2) is 5.78 Å². The SMILES string of the molecule is CC(=O)CCC(=O)c1ccc(OC(F)(F)F)cc1. The fourth-order valence-electron chi connectivity index (χ4n) is 1.28. The van der Waals surface area contributed by atoms with Crippen molar-refractivity contribution in [2.24, 2.45) is 0 Å². The molecule has 0 atom stereocenters. The second kappa shape index (κ2) is 5.66. The number of rotatable bonds is 5. The number of alkyl halides is 3. The van der Waals surface area contributed by atoms with Gasteiger partial charge < -0.3 is 9.53 Å². The average Bonchev–Trinajstić information content (AvgIpc) is 2.24. The zero-order valence-electron chi connectivity index (χ0n) is 9.58. The van der Waals surface area contributed by atoms with Crippen LogP contribution in [0, 0.1) is 0 Å². The van der Waals surface area contributed by atoms with E-state index < -0.39 is 6.36 Å². The molecule has 98 valence electrons. The fraction of sp³-hybridized carbons (Fsp3) is 0.333. The van der Waals surface area contributed by atoms with Gasteiger partial charge in [-0.25, -0.2) is 0 Å². The Hall–Kier alpha value is -1.85. The van der Waals surface area contributed by atoms with Crippen molar-refractivity contribution in [1.82, 2.24) is 0 Å². The maximum Gasteiger partial charge on any atom is 0.573 e. The highest BCUT2D eigenvalue weighted by molar-refractivity contribution is 5.98. The van der Waals surface area contributed by atoms with Crippen molar-refractivity contribution in [3.05, 3.63) is 29.8 Å². The molecule has 6 heteroatoms. The summed E-state index contributed by atoms with van der Waals surface area (Å²) in [5, 5.41) is 0. The van der Waals surface area contributed by atoms with Gasteiger partial charge >= 0.3 is 6.36 Å². The molecule has 0 aliphatic heterocycles. The predicted octanol–water partition coefficient (Wildman–Crippen LogP) is 3.14. The Labute approximate surface area is 102 Å². The van der Waals surface area contributed by atoms with Crippen LogP contribution >= 0.6 is 0 Å². The van der Waals surface area contributed by atoms with E-state index in [4.69, 9.17) is 0 Å². The molecule has 1 rings (SSSR count). The maximum absolute atomic E-state index is 11.9. The van der Waals surface area contributed by atoms with E-state index in [0.717, 1.165) is 12.1 Å². The van der Waals surface area contributed by atoms with Crippen molar-refractivity contribution < 1.29 is 27.5 Å². The first-order chi connectivity index (χ1) is 8.28. The van der Waals surface area contributed by atoms with Crippen LogP contribution in [0.5, 0.6) is 5.75 Å². The summed E-state index contributed by atoms with van der Waals surface area (Å²) >= 11 is 0. The second-order valence-corrected chi connectivity index (χ2v) is 3.70. The van der Waals surface area contributed by atoms with Gasteiger partial charge in [-0.05, 0) is 31.2 Å². The molecule has 0 aliphatic carbocycles. The van der Waals surface area contributed by atoms with Crippen LogP contribution < -0.4 is 4.74 Å². The molecule has 0 amide bonds. The van der Waals surface area contributed by atoms with E-state index in [9.17, 15) is 22.8 Å². The minimum Gasteiger partial charge on any atom is -0.406 e. The third-order valence-electron chi connectivity index (χ3n) is 2.11. The lowest BCUT2D eigenvalue weighted by molar-refractivity contribution is -0.274. The van der Waals surface area contributed by atoms with E-state index in [-0.39, 0.29) is 35.7 Å². The maximum atomic E-state index is 11.9. The smallest absolute Gasteiger partial charge is 0.406 e. The molecule has 0 radical (unpaired) electrons. The number of Topliss-reactive ketones (excluding diaryl/α,β-unsaturated/α-hetero) is 2. The molecule has 0 fully saturated rings. The lowest BCUT2D eigenvalue weighted by atomic mass is 10.1. The van der Waals surface area contributed by atoms with E-state index >= 15 is 0 Å². The summed E-state index contributed by atoms with van der Waals surface area (Å²) in [4.78, 5) is 22.2. The minimum absolute atomic E-state index is 0.0504. The largest absolute Gasteiger partial charge is 0.573 e. The fourth-order valence-corrected chi connectivity index (χ4v) is 1.28. The topological polar surface area (TPSA) is 43.4 Å². The van der Waals surface area contributed by atoms with E-state index in [1.54, 1.807) is 0 Å². The molecule has 0 bridgehead atoms. The Balaban J connectivity index is 2.65. The summed E-state index contributed by atoms with van der Waals surface area (Å²) in [5.41, 5.74) is 0.255. The van der Waals surface area contributed by atoms with Gasteiger partial charge in [0.2, 0.25) is 0 Å². The number of hydrogen-bond donors (Lipinski definition) is 0. The highest BCUT2D eigenvalue weighted by Gasteiger charge is 2.31. The van der Waals surface area contributed by atoms with Crippen LogP contribution in [0.25, 0.3) is 0 Å². The van der Waals surface area contributed by atoms with Gasteiger partial charge in [0.25, 0.3) is 0 Å². The predicted molar refractivity (Wildman–Crippen MR) is 57.4 cm³/mol. The summed E-state index contributed by atoms with van der Waals surface area (Å²) in [7, 11) is 0. The van der Waals surface area contributed by atoms with Crippen molar-refractivity contribution >= 4 is 11.6 Å². The molecule has 0 aromatic heterocycles. The number of halogens is 3. The van der Waals surface area contributed by atoms with Crippen LogP contribution in [0.2, 0.25) is 0 Å². The van der Waals surface area contributed by atoms with Crippen LogP contribution in [0.1, 0.15) is 30.1 Å². The van der Waals surface area contributed by atoms with Crippen molar-refractivity contribution in [2.75, 3.05) is 0 Å². The van der Waals surface area contributed by atoms with E-state index in [2.05, 4.69) is 4.74 Å². The molecule has 0 spiro atoms. The monoisotopic (exact) mass is 260 g/mol. The number of hydrogen-bond acceptors (Lipinski definition) is 3. The Bertz CT molecular complexity index is 435. The summed E-state index contributed by atoms with van der Waals surface area (Å²) in [6, 6.07) is 4.61. The van der Waals surface area contributed by atoms with Crippen LogP contribution in [0.3, 0.4) is 0 Å². The first-order valence-electron chi connectivity index (χ1n) is 5.16. The minimum atomic E-state index is -4.75. The molecular weight excluding hydrogens is 249 g/mol. The third-order valence-corrected chi connectivity index (χ3v) is 2.11. The lowest BCUT2D eigenvalue weighted by Crippen LogP contribution is -2.17. The van der Waals surface area contributed by atoms with Crippen LogP contribution in [-0.2, 0) is 4.79 Å². The highest BCUT2D eigenvalue weighted by Crippen LogP contribution is 2.23. The van der Waals surface area contributed by atoms with Gasteiger partial charge in [-0.1, -0.05) is 0 Å². The summed E-state index contributed by atoms with van der Waals surface area (Å²) in [6.07, 6.45) is -4.57. The van der Waals surface area contributed by atoms with Gasteiger partial charge in [0.1, 0.15) is 11.5 Å². The summed E-state index contributed by atoms with van der Waals surface area (Å²) in [5.74, 6) is -0.783. The number of benzene rings is 1. The molecule has 0 unspecified atom stereocenters. The molecule has 0 heterocycles. The zero-order valence-corrected chi connectivity index (χ0v) is 9.58. The van der Waals surface area contributed by atoms with Crippen molar-refractivity contribution in [1.29, 1.82) is 0 Å². The van der Waals surface area contributed by atoms with Gasteiger partial charge in [-0.15, -0.1) is 13.2 Å².